The van der Waals surface area contributed by atoms with Crippen molar-refractivity contribution >= 4 is 34.7 Å². The number of hydrogen-bond acceptors (Lipinski definition) is 4. The fraction of sp³-hybridized carbons (Fsp3) is 0.444. The molecule has 0 aliphatic carbocycles. The third kappa shape index (κ3) is 3.61. The second-order valence-corrected chi connectivity index (χ2v) is 6.97. The lowest BCUT2D eigenvalue weighted by atomic mass is 10.2. The largest absolute Gasteiger partial charge is 0.372 e. The molecule has 2 heterocycles. The Morgan fingerprint density at radius 3 is 2.48 bits per heavy atom. The summed E-state index contributed by atoms with van der Waals surface area (Å²) in [6.07, 6.45) is 6.17. The van der Waals surface area contributed by atoms with E-state index < -0.39 is 0 Å². The van der Waals surface area contributed by atoms with Gasteiger partial charge >= 0.3 is 0 Å². The molecule has 0 saturated carbocycles. The van der Waals surface area contributed by atoms with Crippen molar-refractivity contribution in [2.75, 3.05) is 24.5 Å². The van der Waals surface area contributed by atoms with E-state index in [-0.39, 0.29) is 11.1 Å². The van der Waals surface area contributed by atoms with Gasteiger partial charge in [0.2, 0.25) is 0 Å². The highest BCUT2D eigenvalue weighted by Crippen LogP contribution is 2.32. The fourth-order valence-corrected chi connectivity index (χ4v) is 3.78. The maximum Gasteiger partial charge on any atom is 0.293 e. The molecule has 1 aromatic carbocycles. The van der Waals surface area contributed by atoms with Gasteiger partial charge in [0.15, 0.2) is 0 Å². The van der Waals surface area contributed by atoms with E-state index in [2.05, 4.69) is 24.0 Å². The number of rotatable bonds is 5. The number of carbonyl (C=O) groups is 2. The van der Waals surface area contributed by atoms with Gasteiger partial charge in [-0.25, -0.2) is 0 Å². The summed E-state index contributed by atoms with van der Waals surface area (Å²) in [5.74, 6) is -0.155. The molecule has 0 unspecified atom stereocenters. The van der Waals surface area contributed by atoms with Crippen molar-refractivity contribution in [3.63, 3.8) is 0 Å². The average molecular weight is 330 g/mol. The van der Waals surface area contributed by atoms with E-state index in [1.54, 1.807) is 0 Å². The standard InChI is InChI=1S/C18H22N2O2S/c1-2-3-12-20-17(21)16(23-18(20)22)13-14-6-8-15(9-7-14)19-10-4-5-11-19/h6-9,13H,2-5,10-12H2,1H3/b16-13-. The first-order valence-electron chi connectivity index (χ1n) is 8.29. The van der Waals surface area contributed by atoms with E-state index in [1.807, 2.05) is 18.2 Å². The summed E-state index contributed by atoms with van der Waals surface area (Å²) in [5.41, 5.74) is 2.20. The first kappa shape index (κ1) is 16.1. The topological polar surface area (TPSA) is 40.6 Å². The summed E-state index contributed by atoms with van der Waals surface area (Å²) in [6, 6.07) is 8.23. The van der Waals surface area contributed by atoms with Crippen LogP contribution in [0.25, 0.3) is 6.08 Å². The Labute approximate surface area is 141 Å². The van der Waals surface area contributed by atoms with Crippen molar-refractivity contribution in [2.24, 2.45) is 0 Å². The van der Waals surface area contributed by atoms with Crippen LogP contribution < -0.4 is 4.90 Å². The van der Waals surface area contributed by atoms with Gasteiger partial charge in [-0.15, -0.1) is 0 Å². The van der Waals surface area contributed by atoms with Crippen LogP contribution in [0.15, 0.2) is 29.2 Å². The van der Waals surface area contributed by atoms with Crippen molar-refractivity contribution in [1.29, 1.82) is 0 Å². The lowest BCUT2D eigenvalue weighted by Crippen LogP contribution is -2.29. The lowest BCUT2D eigenvalue weighted by Gasteiger charge is -2.17. The minimum atomic E-state index is -0.155. The van der Waals surface area contributed by atoms with Gasteiger partial charge in [0.25, 0.3) is 11.1 Å². The number of imide groups is 1. The van der Waals surface area contributed by atoms with E-state index in [0.717, 1.165) is 43.3 Å². The van der Waals surface area contributed by atoms with Gasteiger partial charge in [-0.1, -0.05) is 25.5 Å². The fourth-order valence-electron chi connectivity index (χ4n) is 2.92. The zero-order valence-corrected chi connectivity index (χ0v) is 14.3. The molecule has 0 radical (unpaired) electrons. The van der Waals surface area contributed by atoms with Crippen molar-refractivity contribution in [3.05, 3.63) is 34.7 Å². The zero-order chi connectivity index (χ0) is 16.2. The van der Waals surface area contributed by atoms with Crippen LogP contribution >= 0.6 is 11.8 Å². The van der Waals surface area contributed by atoms with Crippen LogP contribution in [-0.4, -0.2) is 35.7 Å². The Hall–Kier alpha value is -1.75. The minimum Gasteiger partial charge on any atom is -0.372 e. The van der Waals surface area contributed by atoms with Crippen LogP contribution in [0.4, 0.5) is 10.5 Å². The van der Waals surface area contributed by atoms with Gasteiger partial charge in [-0.3, -0.25) is 14.5 Å². The number of carbonyl (C=O) groups excluding carboxylic acids is 2. The van der Waals surface area contributed by atoms with Gasteiger partial charge in [-0.05, 0) is 54.8 Å². The maximum absolute atomic E-state index is 12.3. The van der Waals surface area contributed by atoms with Crippen LogP contribution in [-0.2, 0) is 4.79 Å². The normalized spacial score (nSPS) is 20.1. The summed E-state index contributed by atoms with van der Waals surface area (Å²) in [4.78, 5) is 28.5. The maximum atomic E-state index is 12.3. The molecule has 122 valence electrons. The minimum absolute atomic E-state index is 0.150. The summed E-state index contributed by atoms with van der Waals surface area (Å²) < 4.78 is 0. The van der Waals surface area contributed by atoms with Gasteiger partial charge < -0.3 is 4.90 Å². The number of hydrogen-bond donors (Lipinski definition) is 0. The predicted octanol–water partition coefficient (Wildman–Crippen LogP) is 4.12. The number of benzene rings is 1. The molecule has 1 aromatic rings. The van der Waals surface area contributed by atoms with E-state index in [1.165, 1.54) is 23.4 Å². The highest BCUT2D eigenvalue weighted by atomic mass is 32.2. The van der Waals surface area contributed by atoms with Gasteiger partial charge in [0.05, 0.1) is 4.91 Å². The molecule has 0 N–H and O–H groups in total. The summed E-state index contributed by atoms with van der Waals surface area (Å²) >= 11 is 1.04. The van der Waals surface area contributed by atoms with E-state index in [0.29, 0.717) is 11.4 Å². The highest BCUT2D eigenvalue weighted by molar-refractivity contribution is 8.18. The van der Waals surface area contributed by atoms with Gasteiger partial charge in [-0.2, -0.15) is 0 Å². The molecule has 2 fully saturated rings. The third-order valence-corrected chi connectivity index (χ3v) is 5.18. The molecule has 2 aliphatic rings. The molecule has 2 saturated heterocycles. The third-order valence-electron chi connectivity index (χ3n) is 4.27. The average Bonchev–Trinajstić information content (AvgIpc) is 3.17. The van der Waals surface area contributed by atoms with Crippen molar-refractivity contribution in [2.45, 2.75) is 32.6 Å². The number of thioether (sulfide) groups is 1. The first-order valence-corrected chi connectivity index (χ1v) is 9.11. The highest BCUT2D eigenvalue weighted by Gasteiger charge is 2.34. The van der Waals surface area contributed by atoms with Crippen LogP contribution in [0.1, 0.15) is 38.2 Å². The molecule has 2 amide bonds. The van der Waals surface area contributed by atoms with Crippen molar-refractivity contribution in [1.82, 2.24) is 4.90 Å². The van der Waals surface area contributed by atoms with Crippen LogP contribution in [0.5, 0.6) is 0 Å². The van der Waals surface area contributed by atoms with Crippen LogP contribution in [0.2, 0.25) is 0 Å². The second kappa shape index (κ2) is 7.21. The molecule has 0 atom stereocenters. The predicted molar refractivity (Wildman–Crippen MR) is 95.5 cm³/mol. The van der Waals surface area contributed by atoms with Crippen LogP contribution in [0, 0.1) is 0 Å². The Morgan fingerprint density at radius 1 is 1.13 bits per heavy atom. The smallest absolute Gasteiger partial charge is 0.293 e. The summed E-state index contributed by atoms with van der Waals surface area (Å²) in [7, 11) is 0. The van der Waals surface area contributed by atoms with E-state index >= 15 is 0 Å². The van der Waals surface area contributed by atoms with Gasteiger partial charge in [0, 0.05) is 25.3 Å². The van der Waals surface area contributed by atoms with Crippen LogP contribution in [0.3, 0.4) is 0 Å². The Kier molecular flexibility index (Phi) is 5.06. The van der Waals surface area contributed by atoms with Crippen molar-refractivity contribution in [3.8, 4) is 0 Å². The SMILES string of the molecule is CCCCN1C(=O)S/C(=C\c2ccc(N3CCCC3)cc2)C1=O. The number of anilines is 1. The summed E-state index contributed by atoms with van der Waals surface area (Å²) in [6.45, 7) is 4.81. The quantitative estimate of drug-likeness (QED) is 0.761. The van der Waals surface area contributed by atoms with E-state index in [9.17, 15) is 9.59 Å². The van der Waals surface area contributed by atoms with Crippen molar-refractivity contribution < 1.29 is 9.59 Å². The molecule has 5 heteroatoms. The second-order valence-electron chi connectivity index (χ2n) is 5.97. The monoisotopic (exact) mass is 330 g/mol. The van der Waals surface area contributed by atoms with E-state index in [4.69, 9.17) is 0 Å². The Bertz CT molecular complexity index is 618. The molecule has 4 nitrogen and oxygen atoms in total. The number of amides is 2. The molecule has 0 spiro atoms. The van der Waals surface area contributed by atoms with Gasteiger partial charge in [0.1, 0.15) is 0 Å². The number of unbranched alkanes of at least 4 members (excludes halogenated alkanes) is 1. The number of nitrogens with zero attached hydrogens (tertiary/aromatic N) is 2. The molecule has 23 heavy (non-hydrogen) atoms. The molecule has 2 aliphatic heterocycles. The zero-order valence-electron chi connectivity index (χ0n) is 13.5. The molecule has 0 bridgehead atoms. The Morgan fingerprint density at radius 2 is 1.83 bits per heavy atom. The first-order chi connectivity index (χ1) is 11.2. The Balaban J connectivity index is 1.71. The summed E-state index contributed by atoms with van der Waals surface area (Å²) in [5, 5.41) is -0.150. The lowest BCUT2D eigenvalue weighted by molar-refractivity contribution is -0.122. The molecular formula is C18H22N2O2S. The molecule has 0 aromatic heterocycles. The molecule has 3 rings (SSSR count). The molecular weight excluding hydrogens is 308 g/mol.